The summed E-state index contributed by atoms with van der Waals surface area (Å²) in [5, 5.41) is 14.8. The van der Waals surface area contributed by atoms with Gasteiger partial charge in [-0.15, -0.1) is 23.5 Å². The number of amides is 1. The van der Waals surface area contributed by atoms with Crippen LogP contribution in [0.5, 0.6) is 0 Å². The zero-order valence-corrected chi connectivity index (χ0v) is 15.6. The van der Waals surface area contributed by atoms with Gasteiger partial charge in [0.2, 0.25) is 5.91 Å². The quantitative estimate of drug-likeness (QED) is 0.456. The summed E-state index contributed by atoms with van der Waals surface area (Å²) in [5.41, 5.74) is 3.11. The number of benzene rings is 1. The van der Waals surface area contributed by atoms with Gasteiger partial charge in [-0.3, -0.25) is 14.9 Å². The smallest absolute Gasteiger partial charge is 0.270 e. The van der Waals surface area contributed by atoms with Crippen molar-refractivity contribution >= 4 is 41.3 Å². The third-order valence-electron chi connectivity index (χ3n) is 3.73. The van der Waals surface area contributed by atoms with E-state index in [1.165, 1.54) is 18.3 Å². The minimum Gasteiger partial charge on any atom is -0.455 e. The molecule has 2 aromatic rings. The molecule has 1 aliphatic heterocycles. The second kappa shape index (κ2) is 7.96. The van der Waals surface area contributed by atoms with Crippen molar-refractivity contribution in [3.05, 3.63) is 52.3 Å². The van der Waals surface area contributed by atoms with Gasteiger partial charge in [0.1, 0.15) is 11.5 Å². The monoisotopic (exact) mass is 391 g/mol. The van der Waals surface area contributed by atoms with Gasteiger partial charge in [-0.1, -0.05) is 12.1 Å². The van der Waals surface area contributed by atoms with E-state index in [-0.39, 0.29) is 15.7 Å². The Morgan fingerprint density at radius 2 is 2.15 bits per heavy atom. The molecule has 0 saturated carbocycles. The van der Waals surface area contributed by atoms with Crippen LogP contribution in [-0.4, -0.2) is 32.6 Å². The van der Waals surface area contributed by atoms with Crippen LogP contribution in [0.1, 0.15) is 19.1 Å². The lowest BCUT2D eigenvalue weighted by atomic mass is 10.1. The van der Waals surface area contributed by atoms with E-state index in [0.717, 1.165) is 11.5 Å². The Morgan fingerprint density at radius 3 is 2.88 bits per heavy atom. The molecule has 1 aliphatic rings. The van der Waals surface area contributed by atoms with Gasteiger partial charge in [-0.2, -0.15) is 5.10 Å². The van der Waals surface area contributed by atoms with Gasteiger partial charge in [0.25, 0.3) is 5.69 Å². The second-order valence-electron chi connectivity index (χ2n) is 5.81. The topological polar surface area (TPSA) is 97.7 Å². The predicted molar refractivity (Wildman–Crippen MR) is 104 cm³/mol. The molecular weight excluding hydrogens is 374 g/mol. The van der Waals surface area contributed by atoms with E-state index in [1.807, 2.05) is 0 Å². The molecular formula is C17H17N3O4S2. The van der Waals surface area contributed by atoms with Gasteiger partial charge >= 0.3 is 0 Å². The van der Waals surface area contributed by atoms with Crippen molar-refractivity contribution in [2.45, 2.75) is 17.4 Å². The maximum Gasteiger partial charge on any atom is 0.270 e. The second-order valence-corrected chi connectivity index (χ2v) is 9.26. The standard InChI is InChI=1S/C17H17N3O4S2/c1-17(25-7-8-26-17)10-16(21)19-18-11-14-5-6-15(24-14)12-3-2-4-13(9-12)20(22)23/h2-6,9,11H,7-8,10H2,1H3,(H,19,21)/b18-11+. The van der Waals surface area contributed by atoms with Crippen molar-refractivity contribution in [3.8, 4) is 11.3 Å². The summed E-state index contributed by atoms with van der Waals surface area (Å²) in [4.78, 5) is 22.4. The zero-order chi connectivity index (χ0) is 18.6. The highest BCUT2D eigenvalue weighted by atomic mass is 32.2. The first-order chi connectivity index (χ1) is 12.5. The average Bonchev–Trinajstić information content (AvgIpc) is 3.24. The van der Waals surface area contributed by atoms with Gasteiger partial charge in [0, 0.05) is 29.2 Å². The zero-order valence-electron chi connectivity index (χ0n) is 14.0. The molecule has 0 aliphatic carbocycles. The fraction of sp³-hybridized carbons (Fsp3) is 0.294. The first-order valence-corrected chi connectivity index (χ1v) is 9.87. The fourth-order valence-electron chi connectivity index (χ4n) is 2.51. The number of hydrazone groups is 1. The number of non-ortho nitro benzene ring substituents is 1. The lowest BCUT2D eigenvalue weighted by molar-refractivity contribution is -0.384. The Labute approximate surface area is 158 Å². The van der Waals surface area contributed by atoms with Crippen LogP contribution in [-0.2, 0) is 4.79 Å². The molecule has 1 aromatic heterocycles. The van der Waals surface area contributed by atoms with E-state index in [4.69, 9.17) is 4.42 Å². The predicted octanol–water partition coefficient (Wildman–Crippen LogP) is 3.89. The highest BCUT2D eigenvalue weighted by molar-refractivity contribution is 8.21. The minimum absolute atomic E-state index is 0.00229. The van der Waals surface area contributed by atoms with E-state index >= 15 is 0 Å². The van der Waals surface area contributed by atoms with Crippen LogP contribution in [0.2, 0.25) is 0 Å². The molecule has 9 heteroatoms. The maximum absolute atomic E-state index is 12.0. The molecule has 1 amide bonds. The van der Waals surface area contributed by atoms with Crippen molar-refractivity contribution in [2.75, 3.05) is 11.5 Å². The summed E-state index contributed by atoms with van der Waals surface area (Å²) in [6.45, 7) is 2.07. The number of nitro benzene ring substituents is 1. The minimum atomic E-state index is -0.453. The van der Waals surface area contributed by atoms with Crippen molar-refractivity contribution in [2.24, 2.45) is 5.10 Å². The van der Waals surface area contributed by atoms with Crippen LogP contribution < -0.4 is 5.43 Å². The first kappa shape index (κ1) is 18.5. The first-order valence-electron chi connectivity index (χ1n) is 7.90. The van der Waals surface area contributed by atoms with Crippen molar-refractivity contribution in [3.63, 3.8) is 0 Å². The number of rotatable bonds is 6. The van der Waals surface area contributed by atoms with Gasteiger partial charge in [-0.05, 0) is 19.1 Å². The molecule has 26 heavy (non-hydrogen) atoms. The molecule has 1 fully saturated rings. The van der Waals surface area contributed by atoms with Crippen molar-refractivity contribution in [1.82, 2.24) is 5.43 Å². The summed E-state index contributed by atoms with van der Waals surface area (Å²) in [6.07, 6.45) is 1.81. The molecule has 0 spiro atoms. The lowest BCUT2D eigenvalue weighted by Gasteiger charge is -2.19. The molecule has 0 radical (unpaired) electrons. The van der Waals surface area contributed by atoms with Crippen LogP contribution in [0.15, 0.2) is 45.9 Å². The summed E-state index contributed by atoms with van der Waals surface area (Å²) < 4.78 is 5.52. The van der Waals surface area contributed by atoms with Gasteiger partial charge in [0.05, 0.1) is 21.6 Å². The highest BCUT2D eigenvalue weighted by Gasteiger charge is 2.32. The number of furan rings is 1. The largest absolute Gasteiger partial charge is 0.455 e. The summed E-state index contributed by atoms with van der Waals surface area (Å²) >= 11 is 3.58. The van der Waals surface area contributed by atoms with Crippen LogP contribution in [0.3, 0.4) is 0 Å². The number of nitrogens with one attached hydrogen (secondary N) is 1. The van der Waals surface area contributed by atoms with E-state index in [9.17, 15) is 14.9 Å². The number of carbonyl (C=O) groups is 1. The van der Waals surface area contributed by atoms with Crippen LogP contribution in [0.4, 0.5) is 5.69 Å². The molecule has 0 atom stereocenters. The molecule has 1 N–H and O–H groups in total. The Hall–Kier alpha value is -2.26. The molecule has 2 heterocycles. The molecule has 3 rings (SSSR count). The Kier molecular flexibility index (Phi) is 5.67. The van der Waals surface area contributed by atoms with E-state index < -0.39 is 4.92 Å². The lowest BCUT2D eigenvalue weighted by Crippen LogP contribution is -2.26. The van der Waals surface area contributed by atoms with Crippen LogP contribution in [0.25, 0.3) is 11.3 Å². The summed E-state index contributed by atoms with van der Waals surface area (Å²) in [7, 11) is 0. The molecule has 0 bridgehead atoms. The number of hydrogen-bond acceptors (Lipinski definition) is 7. The van der Waals surface area contributed by atoms with Gasteiger partial charge in [-0.25, -0.2) is 5.43 Å². The number of nitro groups is 1. The van der Waals surface area contributed by atoms with E-state index in [2.05, 4.69) is 17.5 Å². The molecule has 1 saturated heterocycles. The van der Waals surface area contributed by atoms with Crippen molar-refractivity contribution < 1.29 is 14.1 Å². The number of carbonyl (C=O) groups excluding carboxylic acids is 1. The van der Waals surface area contributed by atoms with Crippen LogP contribution >= 0.6 is 23.5 Å². The number of nitrogens with zero attached hydrogens (tertiary/aromatic N) is 2. The Bertz CT molecular complexity index is 844. The molecule has 136 valence electrons. The Balaban J connectivity index is 1.59. The third kappa shape index (κ3) is 4.67. The SMILES string of the molecule is CC1(CC(=O)N/N=C/c2ccc(-c3cccc([N+](=O)[O-])c3)o2)SCCS1. The highest BCUT2D eigenvalue weighted by Crippen LogP contribution is 2.45. The van der Waals surface area contributed by atoms with Crippen LogP contribution in [0, 0.1) is 10.1 Å². The normalized spacial score (nSPS) is 16.0. The molecule has 7 nitrogen and oxygen atoms in total. The fourth-order valence-corrected chi connectivity index (χ4v) is 5.34. The molecule has 0 unspecified atom stereocenters. The number of hydrogen-bond donors (Lipinski definition) is 1. The van der Waals surface area contributed by atoms with Gasteiger partial charge in [0.15, 0.2) is 0 Å². The Morgan fingerprint density at radius 1 is 1.38 bits per heavy atom. The van der Waals surface area contributed by atoms with E-state index in [1.54, 1.807) is 47.8 Å². The molecule has 1 aromatic carbocycles. The number of thioether (sulfide) groups is 2. The van der Waals surface area contributed by atoms with Gasteiger partial charge < -0.3 is 4.42 Å². The average molecular weight is 391 g/mol. The summed E-state index contributed by atoms with van der Waals surface area (Å²) in [5.74, 6) is 2.92. The van der Waals surface area contributed by atoms with Crippen molar-refractivity contribution in [1.29, 1.82) is 0 Å². The summed E-state index contributed by atoms with van der Waals surface area (Å²) in [6, 6.07) is 9.59. The van der Waals surface area contributed by atoms with E-state index in [0.29, 0.717) is 23.5 Å². The maximum atomic E-state index is 12.0. The third-order valence-corrected chi connectivity index (χ3v) is 7.02.